The normalized spacial score (nSPS) is 10.7. The summed E-state index contributed by atoms with van der Waals surface area (Å²) in [5, 5.41) is 0. The number of hydrogen-bond donors (Lipinski definition) is 0. The average molecular weight is 314 g/mol. The zero-order chi connectivity index (χ0) is 15.7. The highest BCUT2D eigenvalue weighted by atomic mass is 32.2. The fourth-order valence-corrected chi connectivity index (χ4v) is 2.84. The Morgan fingerprint density at radius 1 is 1.14 bits per heavy atom. The van der Waals surface area contributed by atoms with Crippen LogP contribution in [0.2, 0.25) is 0 Å². The number of thioether (sulfide) groups is 1. The highest BCUT2D eigenvalue weighted by molar-refractivity contribution is 7.99. The minimum absolute atomic E-state index is 0.291. The summed E-state index contributed by atoms with van der Waals surface area (Å²) in [4.78, 5) is 11.8. The van der Waals surface area contributed by atoms with Crippen molar-refractivity contribution in [3.8, 4) is 11.5 Å². The van der Waals surface area contributed by atoms with Crippen LogP contribution in [0.5, 0.6) is 11.5 Å². The van der Waals surface area contributed by atoms with E-state index >= 15 is 0 Å². The van der Waals surface area contributed by atoms with E-state index in [4.69, 9.17) is 18.9 Å². The number of benzene rings is 1. The fourth-order valence-electron chi connectivity index (χ4n) is 1.80. The lowest BCUT2D eigenvalue weighted by atomic mass is 10.2. The lowest BCUT2D eigenvalue weighted by Crippen LogP contribution is -2.20. The predicted octanol–water partition coefficient (Wildman–Crippen LogP) is 3.01. The lowest BCUT2D eigenvalue weighted by molar-refractivity contribution is -0.120. The number of carbonyl (C=O) groups is 1. The molecule has 1 aromatic carbocycles. The van der Waals surface area contributed by atoms with Crippen LogP contribution in [0.3, 0.4) is 0 Å². The van der Waals surface area contributed by atoms with Gasteiger partial charge in [-0.3, -0.25) is 4.79 Å². The Labute approximate surface area is 129 Å². The lowest BCUT2D eigenvalue weighted by Gasteiger charge is -2.18. The Bertz CT molecular complexity index is 444. The molecule has 0 aliphatic heterocycles. The molecule has 6 heteroatoms. The Kier molecular flexibility index (Phi) is 8.19. The largest absolute Gasteiger partial charge is 0.493 e. The van der Waals surface area contributed by atoms with Crippen LogP contribution >= 0.6 is 11.8 Å². The van der Waals surface area contributed by atoms with Crippen molar-refractivity contribution in [2.75, 3.05) is 33.2 Å². The van der Waals surface area contributed by atoms with Crippen molar-refractivity contribution in [1.82, 2.24) is 0 Å². The van der Waals surface area contributed by atoms with E-state index in [2.05, 4.69) is 0 Å². The van der Waals surface area contributed by atoms with Gasteiger partial charge in [-0.1, -0.05) is 0 Å². The molecule has 0 saturated carbocycles. The van der Waals surface area contributed by atoms with Crippen LogP contribution < -0.4 is 9.47 Å². The summed E-state index contributed by atoms with van der Waals surface area (Å²) in [6, 6.07) is 3.42. The summed E-state index contributed by atoms with van der Waals surface area (Å²) in [6.45, 7) is 5.01. The summed E-state index contributed by atoms with van der Waals surface area (Å²) in [7, 11) is 3.12. The summed E-state index contributed by atoms with van der Waals surface area (Å²) < 4.78 is 21.6. The molecule has 0 radical (unpaired) electrons. The number of rotatable bonds is 10. The Morgan fingerprint density at radius 2 is 1.81 bits per heavy atom. The van der Waals surface area contributed by atoms with Crippen LogP contribution in [0, 0.1) is 0 Å². The van der Waals surface area contributed by atoms with Crippen LogP contribution in [0.4, 0.5) is 0 Å². The van der Waals surface area contributed by atoms with Crippen LogP contribution in [-0.4, -0.2) is 45.8 Å². The van der Waals surface area contributed by atoms with Gasteiger partial charge in [0.15, 0.2) is 17.8 Å². The van der Waals surface area contributed by atoms with E-state index in [1.54, 1.807) is 26.4 Å². The molecule has 0 fully saturated rings. The minimum atomic E-state index is -0.291. The van der Waals surface area contributed by atoms with Crippen molar-refractivity contribution in [2.45, 2.75) is 25.0 Å². The van der Waals surface area contributed by atoms with Gasteiger partial charge >= 0.3 is 0 Å². The molecule has 0 aliphatic rings. The van der Waals surface area contributed by atoms with Crippen molar-refractivity contribution in [3.63, 3.8) is 0 Å². The monoisotopic (exact) mass is 314 g/mol. The van der Waals surface area contributed by atoms with E-state index in [0.717, 1.165) is 11.2 Å². The van der Waals surface area contributed by atoms with Crippen molar-refractivity contribution in [3.05, 3.63) is 17.7 Å². The molecular formula is C15H22O5S. The smallest absolute Gasteiger partial charge is 0.174 e. The zero-order valence-corrected chi connectivity index (χ0v) is 13.7. The second kappa shape index (κ2) is 9.65. The van der Waals surface area contributed by atoms with E-state index in [1.807, 2.05) is 13.8 Å². The van der Waals surface area contributed by atoms with Crippen LogP contribution in [-0.2, 0) is 9.47 Å². The van der Waals surface area contributed by atoms with Crippen molar-refractivity contribution >= 4 is 18.0 Å². The van der Waals surface area contributed by atoms with E-state index in [1.165, 1.54) is 11.8 Å². The zero-order valence-electron chi connectivity index (χ0n) is 12.9. The number of aldehydes is 1. The molecule has 0 heterocycles. The van der Waals surface area contributed by atoms with E-state index in [0.29, 0.717) is 36.0 Å². The van der Waals surface area contributed by atoms with Crippen LogP contribution in [0.1, 0.15) is 24.2 Å². The molecule has 1 aromatic rings. The van der Waals surface area contributed by atoms with Gasteiger partial charge in [0, 0.05) is 24.5 Å². The molecular weight excluding hydrogens is 292 g/mol. The average Bonchev–Trinajstić information content (AvgIpc) is 2.51. The molecule has 0 atom stereocenters. The van der Waals surface area contributed by atoms with Gasteiger partial charge in [-0.05, 0) is 26.0 Å². The topological polar surface area (TPSA) is 54.0 Å². The minimum Gasteiger partial charge on any atom is -0.493 e. The first-order valence-electron chi connectivity index (χ1n) is 6.77. The van der Waals surface area contributed by atoms with Crippen LogP contribution in [0.15, 0.2) is 17.0 Å². The van der Waals surface area contributed by atoms with Gasteiger partial charge in [0.25, 0.3) is 0 Å². The molecule has 0 N–H and O–H groups in total. The molecule has 0 aromatic heterocycles. The molecule has 0 unspecified atom stereocenters. The van der Waals surface area contributed by atoms with Gasteiger partial charge in [0.1, 0.15) is 6.29 Å². The van der Waals surface area contributed by atoms with Gasteiger partial charge in [-0.2, -0.15) is 0 Å². The Morgan fingerprint density at radius 3 is 2.29 bits per heavy atom. The summed E-state index contributed by atoms with van der Waals surface area (Å²) >= 11 is 1.50. The second-order valence-corrected chi connectivity index (χ2v) is 5.09. The maximum absolute atomic E-state index is 11.0. The van der Waals surface area contributed by atoms with Gasteiger partial charge in [0.2, 0.25) is 0 Å². The third-order valence-electron chi connectivity index (χ3n) is 2.68. The standard InChI is InChI=1S/C15H22O5S/c1-5-19-14(20-6-2)10-21-13-8-11(9-16)7-12(17-3)15(13)18-4/h7-9,14H,5-6,10H2,1-4H3. The van der Waals surface area contributed by atoms with Gasteiger partial charge in [-0.25, -0.2) is 0 Å². The highest BCUT2D eigenvalue weighted by Gasteiger charge is 2.16. The molecule has 5 nitrogen and oxygen atoms in total. The molecule has 0 saturated heterocycles. The third kappa shape index (κ3) is 5.22. The van der Waals surface area contributed by atoms with E-state index in [-0.39, 0.29) is 6.29 Å². The van der Waals surface area contributed by atoms with Crippen molar-refractivity contribution in [2.24, 2.45) is 0 Å². The molecule has 0 aliphatic carbocycles. The summed E-state index contributed by atoms with van der Waals surface area (Å²) in [5.41, 5.74) is 0.541. The van der Waals surface area contributed by atoms with Crippen molar-refractivity contribution in [1.29, 1.82) is 0 Å². The molecule has 21 heavy (non-hydrogen) atoms. The summed E-state index contributed by atoms with van der Waals surface area (Å²) in [5.74, 6) is 1.75. The number of methoxy groups -OCH3 is 2. The van der Waals surface area contributed by atoms with Gasteiger partial charge in [-0.15, -0.1) is 11.8 Å². The second-order valence-electron chi connectivity index (χ2n) is 4.02. The SMILES string of the molecule is CCOC(CSc1cc(C=O)cc(OC)c1OC)OCC. The number of hydrogen-bond acceptors (Lipinski definition) is 6. The Balaban J connectivity index is 2.91. The van der Waals surface area contributed by atoms with E-state index in [9.17, 15) is 4.79 Å². The fraction of sp³-hybridized carbons (Fsp3) is 0.533. The number of carbonyl (C=O) groups excluding carboxylic acids is 1. The number of ether oxygens (including phenoxy) is 4. The molecule has 1 rings (SSSR count). The third-order valence-corrected chi connectivity index (χ3v) is 3.74. The molecule has 0 bridgehead atoms. The highest BCUT2D eigenvalue weighted by Crippen LogP contribution is 2.38. The van der Waals surface area contributed by atoms with Crippen molar-refractivity contribution < 1.29 is 23.7 Å². The van der Waals surface area contributed by atoms with Gasteiger partial charge in [0.05, 0.1) is 19.1 Å². The maximum atomic E-state index is 11.0. The quantitative estimate of drug-likeness (QED) is 0.376. The first-order valence-corrected chi connectivity index (χ1v) is 7.75. The molecule has 0 amide bonds. The summed E-state index contributed by atoms with van der Waals surface area (Å²) in [6.07, 6.45) is 0.495. The van der Waals surface area contributed by atoms with Gasteiger partial charge < -0.3 is 18.9 Å². The molecule has 0 spiro atoms. The van der Waals surface area contributed by atoms with Crippen LogP contribution in [0.25, 0.3) is 0 Å². The first-order chi connectivity index (χ1) is 10.2. The van der Waals surface area contributed by atoms with E-state index < -0.39 is 0 Å². The predicted molar refractivity (Wildman–Crippen MR) is 82.7 cm³/mol. The Hall–Kier alpha value is -1.24. The molecule has 118 valence electrons. The first kappa shape index (κ1) is 17.8. The maximum Gasteiger partial charge on any atom is 0.174 e.